The first-order valence-corrected chi connectivity index (χ1v) is 23.2. The average Bonchev–Trinajstić information content (AvgIpc) is 3.28. The number of dihydropyridines is 1. The third-order valence-electron chi connectivity index (χ3n) is 13.5. The van der Waals surface area contributed by atoms with Crippen LogP contribution in [0.3, 0.4) is 0 Å². The zero-order chi connectivity index (χ0) is 43.6. The molecular weight excluding hydrogens is 773 g/mol. The third kappa shape index (κ3) is 9.88. The van der Waals surface area contributed by atoms with Gasteiger partial charge in [0.05, 0.1) is 47.3 Å². The van der Waals surface area contributed by atoms with Crippen LogP contribution in [0.15, 0.2) is 84.7 Å². The number of methoxy groups -OCH3 is 5. The van der Waals surface area contributed by atoms with E-state index in [0.717, 1.165) is 109 Å². The first-order valence-electron chi connectivity index (χ1n) is 23.2. The molecule has 8 rings (SSSR count). The van der Waals surface area contributed by atoms with Gasteiger partial charge in [0.2, 0.25) is 0 Å². The molecule has 4 aliphatic rings. The highest BCUT2D eigenvalue weighted by atomic mass is 16.5. The maximum Gasteiger partial charge on any atom is 0.126 e. The van der Waals surface area contributed by atoms with Crippen molar-refractivity contribution in [3.63, 3.8) is 0 Å². The number of benzene rings is 3. The Balaban J connectivity index is 0.00000285. The molecule has 0 radical (unpaired) electrons. The molecule has 4 aromatic rings. The lowest BCUT2D eigenvalue weighted by molar-refractivity contribution is 0.224. The van der Waals surface area contributed by atoms with Gasteiger partial charge in [-0.15, -0.1) is 0 Å². The Morgan fingerprint density at radius 2 is 1.42 bits per heavy atom. The van der Waals surface area contributed by atoms with E-state index in [1.54, 1.807) is 28.4 Å². The number of aromatic nitrogens is 1. The third-order valence-corrected chi connectivity index (χ3v) is 13.5. The minimum absolute atomic E-state index is 0.118. The van der Waals surface area contributed by atoms with Gasteiger partial charge < -0.3 is 33.9 Å². The summed E-state index contributed by atoms with van der Waals surface area (Å²) in [5, 5.41) is 3.65. The van der Waals surface area contributed by atoms with Crippen LogP contribution in [0, 0.1) is 0 Å². The Bertz CT molecular complexity index is 2120. The summed E-state index contributed by atoms with van der Waals surface area (Å²) in [6.07, 6.45) is 20.4. The molecule has 1 N–H and O–H groups in total. The van der Waals surface area contributed by atoms with E-state index in [9.17, 15) is 0 Å². The van der Waals surface area contributed by atoms with Gasteiger partial charge in [0, 0.05) is 73.4 Å². The topological polar surface area (TPSA) is 77.6 Å². The number of piperidine rings is 1. The molecule has 1 saturated heterocycles. The molecule has 0 spiro atoms. The number of pyridine rings is 1. The second-order valence-corrected chi connectivity index (χ2v) is 17.0. The number of hydrogen-bond donors (Lipinski definition) is 1. The lowest BCUT2D eigenvalue weighted by Crippen LogP contribution is -2.45. The van der Waals surface area contributed by atoms with Gasteiger partial charge >= 0.3 is 0 Å². The Labute approximate surface area is 371 Å². The molecule has 62 heavy (non-hydrogen) atoms. The summed E-state index contributed by atoms with van der Waals surface area (Å²) >= 11 is 0. The van der Waals surface area contributed by atoms with Gasteiger partial charge in [0.1, 0.15) is 28.7 Å². The zero-order valence-electron chi connectivity index (χ0n) is 38.6. The monoisotopic (exact) mass is 843 g/mol. The Kier molecular flexibility index (Phi) is 15.4. The number of hydrogen-bond acceptors (Lipinski definition) is 9. The van der Waals surface area contributed by atoms with Crippen LogP contribution < -0.4 is 33.9 Å². The van der Waals surface area contributed by atoms with Crippen molar-refractivity contribution in [1.82, 2.24) is 15.2 Å². The fraction of sp³-hybridized carbons (Fsp3) is 0.491. The van der Waals surface area contributed by atoms with Crippen LogP contribution in [-0.4, -0.2) is 71.1 Å². The second-order valence-electron chi connectivity index (χ2n) is 17.0. The van der Waals surface area contributed by atoms with Gasteiger partial charge in [-0.05, 0) is 121 Å². The number of rotatable bonds is 17. The van der Waals surface area contributed by atoms with E-state index in [0.29, 0.717) is 24.4 Å². The highest BCUT2D eigenvalue weighted by Crippen LogP contribution is 2.48. The highest BCUT2D eigenvalue weighted by Gasteiger charge is 2.31. The summed E-state index contributed by atoms with van der Waals surface area (Å²) in [7, 11) is 8.78. The molecule has 1 unspecified atom stereocenters. The lowest BCUT2D eigenvalue weighted by atomic mass is 9.76. The summed E-state index contributed by atoms with van der Waals surface area (Å²) in [4.78, 5) is 10.1. The molecule has 2 saturated carbocycles. The number of likely N-dealkylation sites (tertiary alicyclic amines) is 1. The van der Waals surface area contributed by atoms with E-state index in [1.165, 1.54) is 53.5 Å². The van der Waals surface area contributed by atoms with Gasteiger partial charge in [-0.25, -0.2) is 0 Å². The Morgan fingerprint density at radius 3 is 2.00 bits per heavy atom. The fourth-order valence-corrected chi connectivity index (χ4v) is 9.75. The van der Waals surface area contributed by atoms with E-state index < -0.39 is 0 Å². The molecule has 9 heteroatoms. The average molecular weight is 843 g/mol. The predicted molar refractivity (Wildman–Crippen MR) is 253 cm³/mol. The number of ether oxygens (including phenoxy) is 5. The summed E-state index contributed by atoms with van der Waals surface area (Å²) in [6.45, 7) is 9.84. The van der Waals surface area contributed by atoms with Gasteiger partial charge in [-0.2, -0.15) is 0 Å². The molecule has 2 aliphatic carbocycles. The van der Waals surface area contributed by atoms with Crippen molar-refractivity contribution in [2.45, 2.75) is 115 Å². The maximum atomic E-state index is 6.02. The van der Waals surface area contributed by atoms with Crippen molar-refractivity contribution in [1.29, 1.82) is 0 Å². The summed E-state index contributed by atoms with van der Waals surface area (Å²) in [5.74, 6) is 5.47. The van der Waals surface area contributed by atoms with Crippen molar-refractivity contribution in [2.24, 2.45) is 0 Å². The first kappa shape index (κ1) is 44.9. The van der Waals surface area contributed by atoms with Crippen LogP contribution in [0.4, 0.5) is 5.69 Å². The fourth-order valence-electron chi connectivity index (χ4n) is 9.75. The lowest BCUT2D eigenvalue weighted by Gasteiger charge is -2.40. The molecule has 9 nitrogen and oxygen atoms in total. The normalized spacial score (nSPS) is 18.0. The molecule has 0 amide bonds. The largest absolute Gasteiger partial charge is 0.497 e. The van der Waals surface area contributed by atoms with Crippen LogP contribution >= 0.6 is 0 Å². The van der Waals surface area contributed by atoms with Crippen LogP contribution in [0.2, 0.25) is 0 Å². The van der Waals surface area contributed by atoms with Crippen LogP contribution in [0.1, 0.15) is 124 Å². The summed E-state index contributed by atoms with van der Waals surface area (Å²) in [5.41, 5.74) is 10.9. The molecule has 3 fully saturated rings. The number of nitrogens with one attached hydrogen (secondary N) is 1. The molecule has 1 atom stereocenters. The number of anilines is 1. The summed E-state index contributed by atoms with van der Waals surface area (Å²) in [6, 6.07) is 19.9. The van der Waals surface area contributed by atoms with Crippen molar-refractivity contribution in [3.8, 4) is 40.0 Å². The van der Waals surface area contributed by atoms with E-state index in [2.05, 4.69) is 82.9 Å². The molecule has 3 heterocycles. The Hall–Kier alpha value is -5.15. The molecule has 2 aliphatic heterocycles. The van der Waals surface area contributed by atoms with Gasteiger partial charge in [-0.1, -0.05) is 58.2 Å². The molecule has 332 valence electrons. The van der Waals surface area contributed by atoms with E-state index in [-0.39, 0.29) is 6.04 Å². The van der Waals surface area contributed by atoms with Gasteiger partial charge in [-0.3, -0.25) is 9.88 Å². The standard InChI is InChI=1S/C51H64N4O5.C2H6/c1-7-11-44-45(35-12-8-13-35)25-38(26-47(44)58-4)46-24-34(17-21-52-46)32-54-22-18-40(19-23-54)55(41-29-42(56-2)31-43(30-41)57-3)33-37-16-10-20-53-51(37)39-27-48(59-5)50(36-14-9-15-36)49(28-39)60-6;1-2/h10,16-17,20-21,24-31,35-36,40,46,52H,7-9,11-15,18-19,22-23,32-33H2,1-6H3;1-2H3. The van der Waals surface area contributed by atoms with Gasteiger partial charge in [0.15, 0.2) is 0 Å². The van der Waals surface area contributed by atoms with E-state index in [1.807, 2.05) is 39.3 Å². The summed E-state index contributed by atoms with van der Waals surface area (Å²) < 4.78 is 29.6. The first-order chi connectivity index (χ1) is 30.4. The molecule has 3 aromatic carbocycles. The zero-order valence-corrected chi connectivity index (χ0v) is 38.6. The van der Waals surface area contributed by atoms with Crippen molar-refractivity contribution in [2.75, 3.05) is 60.1 Å². The maximum absolute atomic E-state index is 6.02. The van der Waals surface area contributed by atoms with Crippen LogP contribution in [0.25, 0.3) is 11.3 Å². The minimum atomic E-state index is 0.118. The van der Waals surface area contributed by atoms with Crippen molar-refractivity contribution < 1.29 is 23.7 Å². The molecular formula is C53H70N4O5. The van der Waals surface area contributed by atoms with Crippen molar-refractivity contribution >= 4 is 5.69 Å². The highest BCUT2D eigenvalue weighted by molar-refractivity contribution is 5.70. The minimum Gasteiger partial charge on any atom is -0.497 e. The number of nitrogens with zero attached hydrogens (tertiary/aromatic N) is 3. The van der Waals surface area contributed by atoms with Gasteiger partial charge in [0.25, 0.3) is 0 Å². The Morgan fingerprint density at radius 1 is 0.758 bits per heavy atom. The van der Waals surface area contributed by atoms with Crippen LogP contribution in [0.5, 0.6) is 28.7 Å². The predicted octanol–water partition coefficient (Wildman–Crippen LogP) is 11.6. The second kappa shape index (κ2) is 21.3. The SMILES string of the molecule is CC.CCCc1c(OC)cc(C2C=C(CN3CCC(N(Cc4cccnc4-c4cc(OC)c(C5CCC5)c(OC)c4)c4cc(OC)cc(OC)c4)CC3)C=CN2)cc1C1CCC1. The van der Waals surface area contributed by atoms with Crippen molar-refractivity contribution in [3.05, 3.63) is 113 Å². The van der Waals surface area contributed by atoms with Crippen LogP contribution in [-0.2, 0) is 13.0 Å². The quantitative estimate of drug-likeness (QED) is 0.112. The van der Waals surface area contributed by atoms with E-state index >= 15 is 0 Å². The van der Waals surface area contributed by atoms with E-state index in [4.69, 9.17) is 28.7 Å². The molecule has 0 bridgehead atoms. The smallest absolute Gasteiger partial charge is 0.126 e. The molecule has 1 aromatic heterocycles.